The van der Waals surface area contributed by atoms with Gasteiger partial charge in [0.2, 0.25) is 0 Å². The van der Waals surface area contributed by atoms with Crippen LogP contribution in [0.1, 0.15) is 12.6 Å². The van der Waals surface area contributed by atoms with E-state index in [-0.39, 0.29) is 0 Å². The van der Waals surface area contributed by atoms with Crippen molar-refractivity contribution in [2.45, 2.75) is 13.5 Å². The molecule has 0 fully saturated rings. The van der Waals surface area contributed by atoms with Gasteiger partial charge in [0.05, 0.1) is 20.3 Å². The molecule has 102 valence electrons. The number of anilines is 1. The van der Waals surface area contributed by atoms with E-state index < -0.39 is 0 Å². The summed E-state index contributed by atoms with van der Waals surface area (Å²) in [5, 5.41) is 11.2. The Labute approximate surface area is 112 Å². The van der Waals surface area contributed by atoms with Crippen LogP contribution in [0.4, 0.5) is 5.69 Å². The van der Waals surface area contributed by atoms with Crippen molar-refractivity contribution >= 4 is 5.69 Å². The van der Waals surface area contributed by atoms with Crippen molar-refractivity contribution in [3.05, 3.63) is 30.1 Å². The topological polar surface area (TPSA) is 61.2 Å². The van der Waals surface area contributed by atoms with E-state index in [2.05, 4.69) is 15.6 Å². The molecule has 0 amide bonds. The van der Waals surface area contributed by atoms with Gasteiger partial charge in [0.1, 0.15) is 5.69 Å². The molecule has 6 nitrogen and oxygen atoms in total. The third kappa shape index (κ3) is 3.37. The summed E-state index contributed by atoms with van der Waals surface area (Å²) >= 11 is 0. The Kier molecular flexibility index (Phi) is 4.22. The zero-order chi connectivity index (χ0) is 13.7. The van der Waals surface area contributed by atoms with Gasteiger partial charge in [-0.3, -0.25) is 4.68 Å². The van der Waals surface area contributed by atoms with Crippen molar-refractivity contribution in [3.8, 4) is 11.5 Å². The van der Waals surface area contributed by atoms with Crippen molar-refractivity contribution in [2.75, 3.05) is 19.0 Å². The van der Waals surface area contributed by atoms with Crippen LogP contribution in [0.5, 0.6) is 11.5 Å². The summed E-state index contributed by atoms with van der Waals surface area (Å²) in [7, 11) is 3.47. The first-order chi connectivity index (χ1) is 9.22. The number of hydrogen-bond donors (Lipinski definition) is 1. The Bertz CT molecular complexity index is 539. The molecule has 0 aliphatic carbocycles. The molecule has 2 aromatic rings. The summed E-state index contributed by atoms with van der Waals surface area (Å²) < 4.78 is 12.4. The molecule has 0 radical (unpaired) electrons. The Hall–Kier alpha value is -2.24. The third-order valence-electron chi connectivity index (χ3n) is 2.59. The lowest BCUT2D eigenvalue weighted by Gasteiger charge is -2.11. The second-order valence-corrected chi connectivity index (χ2v) is 4.04. The number of aryl methyl sites for hydroxylation is 1. The number of methoxy groups -OCH3 is 1. The molecule has 1 aromatic heterocycles. The lowest BCUT2D eigenvalue weighted by molar-refractivity contribution is 0.311. The average molecular weight is 262 g/mol. The zero-order valence-electron chi connectivity index (χ0n) is 11.4. The van der Waals surface area contributed by atoms with Crippen molar-refractivity contribution in [2.24, 2.45) is 7.05 Å². The fourth-order valence-electron chi connectivity index (χ4n) is 1.72. The number of rotatable bonds is 6. The van der Waals surface area contributed by atoms with Crippen LogP contribution in [0.15, 0.2) is 24.4 Å². The predicted molar refractivity (Wildman–Crippen MR) is 72.5 cm³/mol. The zero-order valence-corrected chi connectivity index (χ0v) is 11.4. The Morgan fingerprint density at radius 1 is 1.32 bits per heavy atom. The van der Waals surface area contributed by atoms with E-state index >= 15 is 0 Å². The smallest absolute Gasteiger partial charge is 0.162 e. The summed E-state index contributed by atoms with van der Waals surface area (Å²) in [4.78, 5) is 0. The number of ether oxygens (including phenoxy) is 2. The highest BCUT2D eigenvalue weighted by Gasteiger charge is 2.05. The van der Waals surface area contributed by atoms with Gasteiger partial charge in [-0.05, 0) is 19.1 Å². The van der Waals surface area contributed by atoms with Crippen LogP contribution in [0.3, 0.4) is 0 Å². The highest BCUT2D eigenvalue weighted by molar-refractivity contribution is 5.54. The molecule has 0 aliphatic heterocycles. The van der Waals surface area contributed by atoms with E-state index in [4.69, 9.17) is 9.47 Å². The van der Waals surface area contributed by atoms with Gasteiger partial charge in [-0.15, -0.1) is 5.10 Å². The molecular weight excluding hydrogens is 244 g/mol. The highest BCUT2D eigenvalue weighted by Crippen LogP contribution is 2.30. The molecule has 2 rings (SSSR count). The Morgan fingerprint density at radius 3 is 2.79 bits per heavy atom. The molecule has 0 aliphatic rings. The molecule has 6 heteroatoms. The van der Waals surface area contributed by atoms with Gasteiger partial charge in [-0.25, -0.2) is 0 Å². The van der Waals surface area contributed by atoms with E-state index in [0.29, 0.717) is 18.9 Å². The lowest BCUT2D eigenvalue weighted by atomic mass is 10.2. The molecule has 19 heavy (non-hydrogen) atoms. The van der Waals surface area contributed by atoms with E-state index in [1.54, 1.807) is 11.8 Å². The van der Waals surface area contributed by atoms with Crippen LogP contribution >= 0.6 is 0 Å². The second-order valence-electron chi connectivity index (χ2n) is 4.04. The van der Waals surface area contributed by atoms with Crippen LogP contribution in [-0.2, 0) is 13.6 Å². The SMILES string of the molecule is CCOc1ccc(NCc2cn(C)nn2)cc1OC. The maximum atomic E-state index is 5.47. The standard InChI is InChI=1S/C13H18N4O2/c1-4-19-12-6-5-10(7-13(12)18-3)14-8-11-9-17(2)16-15-11/h5-7,9,14H,4,8H2,1-3H3. The molecule has 0 saturated heterocycles. The number of benzene rings is 1. The molecule has 0 bridgehead atoms. The van der Waals surface area contributed by atoms with Gasteiger partial charge >= 0.3 is 0 Å². The molecule has 0 spiro atoms. The van der Waals surface area contributed by atoms with E-state index in [1.807, 2.05) is 38.4 Å². The Balaban J connectivity index is 2.04. The minimum Gasteiger partial charge on any atom is -0.493 e. The van der Waals surface area contributed by atoms with Gasteiger partial charge in [0.15, 0.2) is 11.5 Å². The van der Waals surface area contributed by atoms with Crippen molar-refractivity contribution in [3.63, 3.8) is 0 Å². The summed E-state index contributed by atoms with van der Waals surface area (Å²) in [6.07, 6.45) is 1.87. The van der Waals surface area contributed by atoms with Gasteiger partial charge in [-0.1, -0.05) is 5.21 Å². The predicted octanol–water partition coefficient (Wildman–Crippen LogP) is 1.83. The molecule has 0 saturated carbocycles. The van der Waals surface area contributed by atoms with Gasteiger partial charge in [-0.2, -0.15) is 0 Å². The fraction of sp³-hybridized carbons (Fsp3) is 0.385. The second kappa shape index (κ2) is 6.08. The monoisotopic (exact) mass is 262 g/mol. The van der Waals surface area contributed by atoms with Crippen LogP contribution < -0.4 is 14.8 Å². The maximum absolute atomic E-state index is 5.47. The minimum absolute atomic E-state index is 0.614. The summed E-state index contributed by atoms with van der Waals surface area (Å²) in [5.41, 5.74) is 1.83. The van der Waals surface area contributed by atoms with Crippen molar-refractivity contribution in [1.29, 1.82) is 0 Å². The first kappa shape index (κ1) is 13.2. The molecule has 0 unspecified atom stereocenters. The van der Waals surface area contributed by atoms with Crippen LogP contribution in [0.2, 0.25) is 0 Å². The largest absolute Gasteiger partial charge is 0.493 e. The number of nitrogens with one attached hydrogen (secondary N) is 1. The van der Waals surface area contributed by atoms with Gasteiger partial charge < -0.3 is 14.8 Å². The quantitative estimate of drug-likeness (QED) is 0.860. The number of hydrogen-bond acceptors (Lipinski definition) is 5. The highest BCUT2D eigenvalue weighted by atomic mass is 16.5. The molecule has 1 heterocycles. The van der Waals surface area contributed by atoms with Gasteiger partial charge in [0.25, 0.3) is 0 Å². The summed E-state index contributed by atoms with van der Waals surface area (Å²) in [5.74, 6) is 1.46. The minimum atomic E-state index is 0.614. The first-order valence-corrected chi connectivity index (χ1v) is 6.13. The molecule has 1 N–H and O–H groups in total. The average Bonchev–Trinajstić information content (AvgIpc) is 2.83. The summed E-state index contributed by atoms with van der Waals surface area (Å²) in [6.45, 7) is 3.17. The fourth-order valence-corrected chi connectivity index (χ4v) is 1.72. The van der Waals surface area contributed by atoms with Gasteiger partial charge in [0, 0.05) is 25.0 Å². The number of aromatic nitrogens is 3. The van der Waals surface area contributed by atoms with Crippen LogP contribution in [0, 0.1) is 0 Å². The third-order valence-corrected chi connectivity index (χ3v) is 2.59. The molecule has 1 aromatic carbocycles. The lowest BCUT2D eigenvalue weighted by Crippen LogP contribution is -2.01. The van der Waals surface area contributed by atoms with E-state index in [0.717, 1.165) is 17.1 Å². The van der Waals surface area contributed by atoms with E-state index in [9.17, 15) is 0 Å². The number of nitrogens with zero attached hydrogens (tertiary/aromatic N) is 3. The maximum Gasteiger partial charge on any atom is 0.162 e. The van der Waals surface area contributed by atoms with Crippen LogP contribution in [0.25, 0.3) is 0 Å². The van der Waals surface area contributed by atoms with E-state index in [1.165, 1.54) is 0 Å². The summed E-state index contributed by atoms with van der Waals surface area (Å²) in [6, 6.07) is 5.74. The first-order valence-electron chi connectivity index (χ1n) is 6.13. The van der Waals surface area contributed by atoms with Crippen molar-refractivity contribution < 1.29 is 9.47 Å². The molecular formula is C13H18N4O2. The Morgan fingerprint density at radius 2 is 2.16 bits per heavy atom. The van der Waals surface area contributed by atoms with Crippen LogP contribution in [-0.4, -0.2) is 28.7 Å². The van der Waals surface area contributed by atoms with Crippen molar-refractivity contribution in [1.82, 2.24) is 15.0 Å². The molecule has 0 atom stereocenters. The normalized spacial score (nSPS) is 10.3.